The fourth-order valence-electron chi connectivity index (χ4n) is 3.54. The Hall–Kier alpha value is -2.01. The summed E-state index contributed by atoms with van der Waals surface area (Å²) >= 11 is 0. The van der Waals surface area contributed by atoms with Crippen LogP contribution in [0.5, 0.6) is 0 Å². The second kappa shape index (κ2) is 7.48. The monoisotopic (exact) mass is 340 g/mol. The van der Waals surface area contributed by atoms with Gasteiger partial charge in [-0.2, -0.15) is 4.89 Å². The van der Waals surface area contributed by atoms with Gasteiger partial charge in [-0.1, -0.05) is 56.2 Å². The average Bonchev–Trinajstić information content (AvgIpc) is 2.65. The summed E-state index contributed by atoms with van der Waals surface area (Å²) in [6.07, 6.45) is 4.34. The first kappa shape index (κ1) is 17.8. The third-order valence-electron chi connectivity index (χ3n) is 4.75. The van der Waals surface area contributed by atoms with Crippen molar-refractivity contribution in [3.63, 3.8) is 0 Å². The van der Waals surface area contributed by atoms with Gasteiger partial charge >= 0.3 is 0 Å². The highest BCUT2D eigenvalue weighted by molar-refractivity contribution is 6.13. The number of hydrogen-bond donors (Lipinski definition) is 1. The van der Waals surface area contributed by atoms with Crippen LogP contribution < -0.4 is 0 Å². The molecule has 0 bridgehead atoms. The molecule has 0 fully saturated rings. The van der Waals surface area contributed by atoms with Gasteiger partial charge in [-0.25, -0.2) is 5.26 Å². The predicted octanol–water partition coefficient (Wildman–Crippen LogP) is 4.69. The molecule has 1 aliphatic carbocycles. The van der Waals surface area contributed by atoms with Gasteiger partial charge in [0.05, 0.1) is 0 Å². The van der Waals surface area contributed by atoms with E-state index in [0.29, 0.717) is 28.9 Å². The summed E-state index contributed by atoms with van der Waals surface area (Å²) in [6.45, 7) is 4.34. The van der Waals surface area contributed by atoms with Gasteiger partial charge in [0.2, 0.25) is 0 Å². The maximum Gasteiger partial charge on any atom is 0.255 e. The number of unbranched alkanes of at least 4 members (excludes halogenated alkanes) is 2. The Bertz CT molecular complexity index is 768. The van der Waals surface area contributed by atoms with Gasteiger partial charge in [0.1, 0.15) is 0 Å². The molecule has 2 aromatic rings. The van der Waals surface area contributed by atoms with Crippen LogP contribution in [0.1, 0.15) is 65.7 Å². The Kier molecular flexibility index (Phi) is 5.33. The van der Waals surface area contributed by atoms with Crippen LogP contribution in [0.25, 0.3) is 0 Å². The van der Waals surface area contributed by atoms with E-state index in [4.69, 9.17) is 9.62 Å². The molecule has 0 radical (unpaired) electrons. The number of carbonyl (C=O) groups is 1. The van der Waals surface area contributed by atoms with Gasteiger partial charge in [0, 0.05) is 28.9 Å². The first-order valence-corrected chi connectivity index (χ1v) is 8.92. The van der Waals surface area contributed by atoms with E-state index >= 15 is 0 Å². The molecule has 0 aromatic heterocycles. The second-order valence-corrected chi connectivity index (χ2v) is 6.35. The molecule has 3 rings (SSSR count). The van der Waals surface area contributed by atoms with E-state index in [2.05, 4.69) is 6.92 Å². The molecule has 1 N–H and O–H groups in total. The highest BCUT2D eigenvalue weighted by Crippen LogP contribution is 2.43. The lowest BCUT2D eigenvalue weighted by Crippen LogP contribution is -2.40. The van der Waals surface area contributed by atoms with Crippen molar-refractivity contribution >= 4 is 5.78 Å². The molecule has 0 aliphatic heterocycles. The molecule has 0 saturated heterocycles. The van der Waals surface area contributed by atoms with Crippen LogP contribution in [0, 0.1) is 0 Å². The number of carbonyl (C=O) groups excluding carboxylic acids is 1. The molecule has 25 heavy (non-hydrogen) atoms. The van der Waals surface area contributed by atoms with E-state index in [1.54, 1.807) is 18.2 Å². The minimum Gasteiger partial charge on any atom is -0.340 e. The molecule has 0 saturated carbocycles. The first-order chi connectivity index (χ1) is 12.2. The molecule has 1 atom stereocenters. The zero-order valence-corrected chi connectivity index (χ0v) is 14.7. The van der Waals surface area contributed by atoms with Gasteiger partial charge in [-0.15, -0.1) is 0 Å². The van der Waals surface area contributed by atoms with Gasteiger partial charge in [0.25, 0.3) is 5.79 Å². The fourth-order valence-corrected chi connectivity index (χ4v) is 3.54. The van der Waals surface area contributed by atoms with Crippen LogP contribution in [0.15, 0.2) is 42.5 Å². The molecule has 1 unspecified atom stereocenters. The molecule has 132 valence electrons. The number of hydrogen-bond acceptors (Lipinski definition) is 4. The summed E-state index contributed by atoms with van der Waals surface area (Å²) in [5, 5.41) is 9.76. The van der Waals surface area contributed by atoms with Crippen molar-refractivity contribution in [2.24, 2.45) is 0 Å². The zero-order chi connectivity index (χ0) is 17.9. The lowest BCUT2D eigenvalue weighted by molar-refractivity contribution is -0.395. The van der Waals surface area contributed by atoms with Crippen LogP contribution in [0.2, 0.25) is 0 Å². The molecule has 0 heterocycles. The SMILES string of the molecule is CCCCCc1ccc2c(c1)C(=O)c1ccccc1C2(OO)OCC. The molecule has 4 heteroatoms. The molecule has 2 aromatic carbocycles. The maximum absolute atomic E-state index is 13.0. The van der Waals surface area contributed by atoms with Crippen LogP contribution in [0.4, 0.5) is 0 Å². The smallest absolute Gasteiger partial charge is 0.255 e. The van der Waals surface area contributed by atoms with Crippen LogP contribution in [-0.2, 0) is 21.8 Å². The minimum atomic E-state index is -1.46. The molecular formula is C21H24O4. The molecule has 0 spiro atoms. The lowest BCUT2D eigenvalue weighted by Gasteiger charge is -2.36. The Balaban J connectivity index is 2.12. The number of ketones is 1. The van der Waals surface area contributed by atoms with E-state index in [0.717, 1.165) is 31.2 Å². The maximum atomic E-state index is 13.0. The van der Waals surface area contributed by atoms with Crippen molar-refractivity contribution < 1.29 is 19.7 Å². The highest BCUT2D eigenvalue weighted by atomic mass is 17.1. The molecular weight excluding hydrogens is 316 g/mol. The molecule has 0 amide bonds. The van der Waals surface area contributed by atoms with Gasteiger partial charge < -0.3 is 4.74 Å². The van der Waals surface area contributed by atoms with E-state index in [1.807, 2.05) is 31.2 Å². The minimum absolute atomic E-state index is 0.0599. The fraction of sp³-hybridized carbons (Fsp3) is 0.381. The standard InChI is InChI=1S/C21H24O4/c1-3-5-6-9-15-12-13-19-17(14-15)20(22)16-10-7-8-11-18(16)21(19,25-23)24-4-2/h7-8,10-14,23H,3-6,9H2,1-2H3. The van der Waals surface area contributed by atoms with Crippen LogP contribution in [-0.4, -0.2) is 17.6 Å². The Labute approximate surface area is 148 Å². The number of fused-ring (bicyclic) bond motifs is 2. The number of rotatable bonds is 7. The molecule has 1 aliphatic rings. The molecule has 4 nitrogen and oxygen atoms in total. The number of aryl methyl sites for hydroxylation is 1. The normalized spacial score (nSPS) is 18.8. The predicted molar refractivity (Wildman–Crippen MR) is 95.7 cm³/mol. The van der Waals surface area contributed by atoms with Gasteiger partial charge in [0.15, 0.2) is 5.78 Å². The van der Waals surface area contributed by atoms with E-state index in [-0.39, 0.29) is 5.78 Å². The summed E-state index contributed by atoms with van der Waals surface area (Å²) in [6, 6.07) is 12.9. The van der Waals surface area contributed by atoms with Gasteiger partial charge in [-0.05, 0) is 31.4 Å². The summed E-state index contributed by atoms with van der Waals surface area (Å²) in [4.78, 5) is 17.9. The van der Waals surface area contributed by atoms with E-state index < -0.39 is 5.79 Å². The van der Waals surface area contributed by atoms with Crippen molar-refractivity contribution in [3.8, 4) is 0 Å². The number of ether oxygens (including phenoxy) is 1. The van der Waals surface area contributed by atoms with Crippen molar-refractivity contribution in [2.45, 2.75) is 45.3 Å². The highest BCUT2D eigenvalue weighted by Gasteiger charge is 2.46. The van der Waals surface area contributed by atoms with E-state index in [1.165, 1.54) is 0 Å². The van der Waals surface area contributed by atoms with Crippen molar-refractivity contribution in [2.75, 3.05) is 6.61 Å². The van der Waals surface area contributed by atoms with E-state index in [9.17, 15) is 10.1 Å². The summed E-state index contributed by atoms with van der Waals surface area (Å²) in [7, 11) is 0. The Morgan fingerprint density at radius 1 is 1.00 bits per heavy atom. The lowest BCUT2D eigenvalue weighted by atomic mass is 9.79. The zero-order valence-electron chi connectivity index (χ0n) is 14.7. The van der Waals surface area contributed by atoms with Crippen molar-refractivity contribution in [3.05, 3.63) is 70.3 Å². The Morgan fingerprint density at radius 3 is 2.48 bits per heavy atom. The third kappa shape index (κ3) is 3.01. The van der Waals surface area contributed by atoms with Gasteiger partial charge in [-0.3, -0.25) is 4.79 Å². The van der Waals surface area contributed by atoms with Crippen molar-refractivity contribution in [1.82, 2.24) is 0 Å². The van der Waals surface area contributed by atoms with Crippen LogP contribution in [0.3, 0.4) is 0 Å². The Morgan fingerprint density at radius 2 is 1.76 bits per heavy atom. The number of benzene rings is 2. The quantitative estimate of drug-likeness (QED) is 0.344. The summed E-state index contributed by atoms with van der Waals surface area (Å²) in [5.41, 5.74) is 3.25. The summed E-state index contributed by atoms with van der Waals surface area (Å²) in [5.74, 6) is -1.52. The largest absolute Gasteiger partial charge is 0.340 e. The second-order valence-electron chi connectivity index (χ2n) is 6.35. The van der Waals surface area contributed by atoms with Crippen LogP contribution >= 0.6 is 0 Å². The first-order valence-electron chi connectivity index (χ1n) is 8.92. The topological polar surface area (TPSA) is 55.8 Å². The summed E-state index contributed by atoms with van der Waals surface area (Å²) < 4.78 is 5.83. The third-order valence-corrected chi connectivity index (χ3v) is 4.75. The van der Waals surface area contributed by atoms with Crippen molar-refractivity contribution in [1.29, 1.82) is 0 Å². The average molecular weight is 340 g/mol.